The maximum atomic E-state index is 11.9. The first-order valence-corrected chi connectivity index (χ1v) is 6.01. The number of amides is 1. The molecule has 1 aromatic heterocycles. The van der Waals surface area contributed by atoms with Crippen molar-refractivity contribution in [1.29, 1.82) is 0 Å². The van der Waals surface area contributed by atoms with Crippen molar-refractivity contribution in [2.75, 3.05) is 13.1 Å². The number of rotatable bonds is 4. The zero-order valence-electron chi connectivity index (χ0n) is 10.9. The Hall–Kier alpha value is -2.46. The number of nitrogens with zero attached hydrogens (tertiary/aromatic N) is 3. The lowest BCUT2D eigenvalue weighted by atomic mass is 10.1. The number of hydrogen-bond donors (Lipinski definition) is 2. The van der Waals surface area contributed by atoms with Gasteiger partial charge in [-0.2, -0.15) is 0 Å². The van der Waals surface area contributed by atoms with E-state index in [1.54, 1.807) is 6.07 Å². The van der Waals surface area contributed by atoms with Crippen molar-refractivity contribution in [1.82, 2.24) is 10.3 Å². The van der Waals surface area contributed by atoms with Gasteiger partial charge in [-0.3, -0.25) is 4.79 Å². The van der Waals surface area contributed by atoms with Gasteiger partial charge in [-0.1, -0.05) is 5.11 Å². The summed E-state index contributed by atoms with van der Waals surface area (Å²) in [6.45, 7) is 4.63. The summed E-state index contributed by atoms with van der Waals surface area (Å²) in [5, 5.41) is 7.13. The number of hydrogen-bond acceptors (Lipinski definition) is 2. The van der Waals surface area contributed by atoms with Crippen LogP contribution < -0.4 is 5.32 Å². The number of aryl methyl sites for hydroxylation is 2. The third kappa shape index (κ3) is 2.69. The lowest BCUT2D eigenvalue weighted by molar-refractivity contribution is 0.0955. The second kappa shape index (κ2) is 5.46. The summed E-state index contributed by atoms with van der Waals surface area (Å²) < 4.78 is 0. The number of benzene rings is 1. The van der Waals surface area contributed by atoms with Crippen LogP contribution in [0.2, 0.25) is 0 Å². The van der Waals surface area contributed by atoms with Crippen LogP contribution in [0.4, 0.5) is 0 Å². The van der Waals surface area contributed by atoms with E-state index in [0.717, 1.165) is 22.2 Å². The molecule has 6 heteroatoms. The van der Waals surface area contributed by atoms with Gasteiger partial charge in [0.1, 0.15) is 0 Å². The molecule has 0 bridgehead atoms. The molecule has 1 heterocycles. The molecular formula is C13H15N5O. The van der Waals surface area contributed by atoms with Crippen LogP contribution in [0.25, 0.3) is 21.3 Å². The SMILES string of the molecule is Cc1[nH]c2ccc(C(=O)NCCN=[N+]=[N-])cc2c1C. The van der Waals surface area contributed by atoms with E-state index in [1.807, 2.05) is 26.0 Å². The van der Waals surface area contributed by atoms with Gasteiger partial charge in [-0.05, 0) is 43.1 Å². The highest BCUT2D eigenvalue weighted by atomic mass is 16.1. The second-order valence-electron chi connectivity index (χ2n) is 4.35. The monoisotopic (exact) mass is 257 g/mol. The smallest absolute Gasteiger partial charge is 0.251 e. The van der Waals surface area contributed by atoms with Gasteiger partial charge in [0.05, 0.1) is 0 Å². The predicted octanol–water partition coefficient (Wildman–Crippen LogP) is 2.82. The van der Waals surface area contributed by atoms with Crippen LogP contribution in [-0.2, 0) is 0 Å². The van der Waals surface area contributed by atoms with Crippen molar-refractivity contribution in [3.05, 3.63) is 45.5 Å². The number of carbonyl (C=O) groups excluding carboxylic acids is 1. The highest BCUT2D eigenvalue weighted by Crippen LogP contribution is 2.22. The molecule has 19 heavy (non-hydrogen) atoms. The molecule has 1 amide bonds. The summed E-state index contributed by atoms with van der Waals surface area (Å²) in [4.78, 5) is 17.8. The number of carbonyl (C=O) groups is 1. The first-order chi connectivity index (χ1) is 9.13. The van der Waals surface area contributed by atoms with Gasteiger partial charge in [0.15, 0.2) is 0 Å². The molecule has 6 nitrogen and oxygen atoms in total. The molecular weight excluding hydrogens is 242 g/mol. The Bertz CT molecular complexity index is 667. The summed E-state index contributed by atoms with van der Waals surface area (Å²) in [5.41, 5.74) is 12.0. The normalized spacial score (nSPS) is 10.2. The third-order valence-corrected chi connectivity index (χ3v) is 3.13. The molecule has 0 aliphatic heterocycles. The fraction of sp³-hybridized carbons (Fsp3) is 0.308. The van der Waals surface area contributed by atoms with Crippen molar-refractivity contribution in [2.45, 2.75) is 13.8 Å². The largest absolute Gasteiger partial charge is 0.358 e. The zero-order valence-corrected chi connectivity index (χ0v) is 10.9. The molecule has 0 saturated carbocycles. The number of aromatic amines is 1. The molecule has 2 N–H and O–H groups in total. The number of nitrogens with one attached hydrogen (secondary N) is 2. The maximum Gasteiger partial charge on any atom is 0.251 e. The van der Waals surface area contributed by atoms with Crippen LogP contribution >= 0.6 is 0 Å². The van der Waals surface area contributed by atoms with E-state index in [-0.39, 0.29) is 12.5 Å². The number of H-pyrrole nitrogens is 1. The van der Waals surface area contributed by atoms with Crippen molar-refractivity contribution in [2.24, 2.45) is 5.11 Å². The second-order valence-corrected chi connectivity index (χ2v) is 4.35. The van der Waals surface area contributed by atoms with Gasteiger partial charge >= 0.3 is 0 Å². The average Bonchev–Trinajstić information content (AvgIpc) is 2.70. The lowest BCUT2D eigenvalue weighted by Crippen LogP contribution is -2.25. The van der Waals surface area contributed by atoms with E-state index in [2.05, 4.69) is 20.3 Å². The molecule has 0 aliphatic rings. The summed E-state index contributed by atoms with van der Waals surface area (Å²) in [6, 6.07) is 5.55. The number of azide groups is 1. The van der Waals surface area contributed by atoms with Gasteiger partial charge in [0, 0.05) is 40.2 Å². The van der Waals surface area contributed by atoms with Crippen LogP contribution in [0, 0.1) is 13.8 Å². The van der Waals surface area contributed by atoms with E-state index in [1.165, 1.54) is 0 Å². The van der Waals surface area contributed by atoms with E-state index >= 15 is 0 Å². The third-order valence-electron chi connectivity index (χ3n) is 3.13. The van der Waals surface area contributed by atoms with Gasteiger partial charge in [0.2, 0.25) is 0 Å². The van der Waals surface area contributed by atoms with Crippen LogP contribution in [0.1, 0.15) is 21.6 Å². The van der Waals surface area contributed by atoms with Crippen LogP contribution in [0.5, 0.6) is 0 Å². The minimum atomic E-state index is -0.159. The molecule has 2 aromatic rings. The topological polar surface area (TPSA) is 93.6 Å². The zero-order chi connectivity index (χ0) is 13.8. The van der Waals surface area contributed by atoms with E-state index < -0.39 is 0 Å². The molecule has 0 fully saturated rings. The van der Waals surface area contributed by atoms with Crippen molar-refractivity contribution in [3.63, 3.8) is 0 Å². The fourth-order valence-electron chi connectivity index (χ4n) is 1.97. The molecule has 0 aliphatic carbocycles. The first-order valence-electron chi connectivity index (χ1n) is 6.01. The molecule has 0 spiro atoms. The molecule has 0 saturated heterocycles. The van der Waals surface area contributed by atoms with Crippen molar-refractivity contribution >= 4 is 16.8 Å². The van der Waals surface area contributed by atoms with Gasteiger partial charge in [-0.15, -0.1) is 0 Å². The minimum Gasteiger partial charge on any atom is -0.358 e. The number of fused-ring (bicyclic) bond motifs is 1. The predicted molar refractivity (Wildman–Crippen MR) is 74.1 cm³/mol. The summed E-state index contributed by atoms with van der Waals surface area (Å²) in [5.74, 6) is -0.159. The summed E-state index contributed by atoms with van der Waals surface area (Å²) in [7, 11) is 0. The Balaban J connectivity index is 2.18. The minimum absolute atomic E-state index is 0.159. The summed E-state index contributed by atoms with van der Waals surface area (Å²) >= 11 is 0. The molecule has 2 rings (SSSR count). The van der Waals surface area contributed by atoms with Gasteiger partial charge in [0.25, 0.3) is 5.91 Å². The maximum absolute atomic E-state index is 11.9. The molecule has 98 valence electrons. The molecule has 1 aromatic carbocycles. The van der Waals surface area contributed by atoms with E-state index in [0.29, 0.717) is 12.1 Å². The average molecular weight is 257 g/mol. The Morgan fingerprint density at radius 3 is 3.00 bits per heavy atom. The van der Waals surface area contributed by atoms with E-state index in [9.17, 15) is 4.79 Å². The number of aromatic nitrogens is 1. The quantitative estimate of drug-likeness (QED) is 0.374. The Labute approximate surface area is 110 Å². The highest BCUT2D eigenvalue weighted by Gasteiger charge is 2.09. The standard InChI is InChI=1S/C13H15N5O/c1-8-9(2)17-12-4-3-10(7-11(8)12)13(19)15-5-6-16-18-14/h3-4,7,17H,5-6H2,1-2H3,(H,15,19). The van der Waals surface area contributed by atoms with Crippen LogP contribution in [-0.4, -0.2) is 24.0 Å². The van der Waals surface area contributed by atoms with Crippen molar-refractivity contribution < 1.29 is 4.79 Å². The molecule has 0 atom stereocenters. The fourth-order valence-corrected chi connectivity index (χ4v) is 1.97. The Morgan fingerprint density at radius 2 is 2.26 bits per heavy atom. The lowest BCUT2D eigenvalue weighted by Gasteiger charge is -2.03. The Kier molecular flexibility index (Phi) is 3.73. The van der Waals surface area contributed by atoms with Gasteiger partial charge in [-0.25, -0.2) is 0 Å². The van der Waals surface area contributed by atoms with Crippen molar-refractivity contribution in [3.8, 4) is 0 Å². The van der Waals surface area contributed by atoms with Crippen LogP contribution in [0.15, 0.2) is 23.3 Å². The van der Waals surface area contributed by atoms with Crippen LogP contribution in [0.3, 0.4) is 0 Å². The Morgan fingerprint density at radius 1 is 1.47 bits per heavy atom. The summed E-state index contributed by atoms with van der Waals surface area (Å²) in [6.07, 6.45) is 0. The highest BCUT2D eigenvalue weighted by molar-refractivity contribution is 5.99. The first kappa shape index (κ1) is 13.0. The van der Waals surface area contributed by atoms with Gasteiger partial charge < -0.3 is 10.3 Å². The molecule has 0 unspecified atom stereocenters. The van der Waals surface area contributed by atoms with E-state index in [4.69, 9.17) is 5.53 Å². The molecule has 0 radical (unpaired) electrons.